The van der Waals surface area contributed by atoms with E-state index in [1.165, 1.54) is 43.9 Å². The number of para-hydroxylation sites is 1. The molecular formula is C19H22N4OS2. The van der Waals surface area contributed by atoms with E-state index in [0.29, 0.717) is 11.8 Å². The van der Waals surface area contributed by atoms with Gasteiger partial charge >= 0.3 is 0 Å². The second kappa shape index (κ2) is 7.80. The molecule has 0 atom stereocenters. The lowest BCUT2D eigenvalue weighted by molar-refractivity contribution is 0.102. The summed E-state index contributed by atoms with van der Waals surface area (Å²) in [6, 6.07) is 8.45. The van der Waals surface area contributed by atoms with E-state index in [1.54, 1.807) is 11.3 Å². The van der Waals surface area contributed by atoms with Crippen molar-refractivity contribution in [1.82, 2.24) is 15.2 Å². The molecule has 0 amide bonds. The molecule has 0 spiro atoms. The smallest absolute Gasteiger partial charge is 0.206 e. The first-order valence-electron chi connectivity index (χ1n) is 9.04. The van der Waals surface area contributed by atoms with Crippen LogP contribution in [0.3, 0.4) is 0 Å². The molecule has 1 aliphatic rings. The number of ketones is 1. The number of rotatable bonds is 6. The van der Waals surface area contributed by atoms with Crippen LogP contribution in [-0.4, -0.2) is 32.8 Å². The monoisotopic (exact) mass is 386 g/mol. The lowest BCUT2D eigenvalue weighted by atomic mass is 9.96. The molecule has 0 bridgehead atoms. The summed E-state index contributed by atoms with van der Waals surface area (Å²) in [5.74, 6) is 0.503. The van der Waals surface area contributed by atoms with Gasteiger partial charge < -0.3 is 10.3 Å². The molecule has 2 N–H and O–H groups in total. The summed E-state index contributed by atoms with van der Waals surface area (Å²) >= 11 is 3.01. The minimum absolute atomic E-state index is 0.127. The molecule has 0 saturated heterocycles. The maximum absolute atomic E-state index is 12.7. The van der Waals surface area contributed by atoms with E-state index >= 15 is 0 Å². The normalized spacial score (nSPS) is 15.4. The van der Waals surface area contributed by atoms with Gasteiger partial charge in [0.05, 0.1) is 5.75 Å². The molecule has 1 fully saturated rings. The average Bonchev–Trinajstić information content (AvgIpc) is 3.23. The number of nitrogens with zero attached hydrogens (tertiary/aromatic N) is 2. The molecule has 7 heteroatoms. The Labute approximate surface area is 161 Å². The Kier molecular flexibility index (Phi) is 5.26. The van der Waals surface area contributed by atoms with Crippen LogP contribution < -0.4 is 5.32 Å². The van der Waals surface area contributed by atoms with Gasteiger partial charge in [-0.15, -0.1) is 10.2 Å². The number of aryl methyl sites for hydroxylation is 1. The lowest BCUT2D eigenvalue weighted by Gasteiger charge is -2.21. The number of benzene rings is 1. The Morgan fingerprint density at radius 2 is 2.08 bits per heavy atom. The van der Waals surface area contributed by atoms with Crippen molar-refractivity contribution < 1.29 is 4.79 Å². The highest BCUT2D eigenvalue weighted by Crippen LogP contribution is 2.30. The fourth-order valence-electron chi connectivity index (χ4n) is 3.58. The highest BCUT2D eigenvalue weighted by Gasteiger charge is 2.18. The minimum atomic E-state index is 0.127. The van der Waals surface area contributed by atoms with Crippen LogP contribution in [-0.2, 0) is 0 Å². The molecule has 26 heavy (non-hydrogen) atoms. The van der Waals surface area contributed by atoms with Gasteiger partial charge in [0.2, 0.25) is 5.13 Å². The molecule has 0 aliphatic heterocycles. The maximum Gasteiger partial charge on any atom is 0.206 e. The summed E-state index contributed by atoms with van der Waals surface area (Å²) in [4.78, 5) is 16.0. The van der Waals surface area contributed by atoms with Crippen LogP contribution in [0.2, 0.25) is 0 Å². The van der Waals surface area contributed by atoms with Crippen molar-refractivity contribution in [1.29, 1.82) is 0 Å². The fourth-order valence-corrected chi connectivity index (χ4v) is 5.28. The van der Waals surface area contributed by atoms with Gasteiger partial charge in [0.1, 0.15) is 0 Å². The standard InChI is InChI=1S/C19H22N4OS2/c1-12-17(14-9-5-6-10-15(14)20-12)16(24)11-25-19-23-22-18(26-19)21-13-7-3-2-4-8-13/h5-6,9-10,13,20H,2-4,7-8,11H2,1H3,(H,21,22). The Morgan fingerprint density at radius 3 is 2.92 bits per heavy atom. The van der Waals surface area contributed by atoms with Crippen LogP contribution in [0.25, 0.3) is 10.9 Å². The number of fused-ring (bicyclic) bond motifs is 1. The molecule has 3 aromatic rings. The number of anilines is 1. The molecule has 0 radical (unpaired) electrons. The number of Topliss-reactive ketones (excluding diaryl/α,β-unsaturated/α-hetero) is 1. The maximum atomic E-state index is 12.7. The second-order valence-corrected chi connectivity index (χ2v) is 8.93. The summed E-state index contributed by atoms with van der Waals surface area (Å²) in [5, 5.41) is 13.8. The Bertz CT molecular complexity index is 911. The van der Waals surface area contributed by atoms with Crippen molar-refractivity contribution >= 4 is 44.9 Å². The van der Waals surface area contributed by atoms with Gasteiger partial charge in [-0.05, 0) is 25.8 Å². The van der Waals surface area contributed by atoms with Crippen molar-refractivity contribution in [3.8, 4) is 0 Å². The lowest BCUT2D eigenvalue weighted by Crippen LogP contribution is -2.21. The van der Waals surface area contributed by atoms with E-state index in [2.05, 4.69) is 20.5 Å². The fraction of sp³-hybridized carbons (Fsp3) is 0.421. The molecule has 1 aromatic carbocycles. The number of H-pyrrole nitrogens is 1. The van der Waals surface area contributed by atoms with Crippen molar-refractivity contribution in [2.45, 2.75) is 49.4 Å². The zero-order chi connectivity index (χ0) is 17.9. The van der Waals surface area contributed by atoms with Crippen LogP contribution in [0, 0.1) is 6.92 Å². The average molecular weight is 387 g/mol. The number of thioether (sulfide) groups is 1. The largest absolute Gasteiger partial charge is 0.358 e. The number of nitrogens with one attached hydrogen (secondary N) is 2. The van der Waals surface area contributed by atoms with Crippen LogP contribution in [0.4, 0.5) is 5.13 Å². The van der Waals surface area contributed by atoms with Crippen LogP contribution in [0.5, 0.6) is 0 Å². The molecule has 1 saturated carbocycles. The quantitative estimate of drug-likeness (QED) is 0.458. The van der Waals surface area contributed by atoms with Gasteiger partial charge in [-0.3, -0.25) is 4.79 Å². The van der Waals surface area contributed by atoms with Crippen molar-refractivity contribution in [3.63, 3.8) is 0 Å². The molecule has 2 heterocycles. The first kappa shape index (κ1) is 17.5. The predicted octanol–water partition coefficient (Wildman–Crippen LogP) is 5.05. The summed E-state index contributed by atoms with van der Waals surface area (Å²) < 4.78 is 0.842. The van der Waals surface area contributed by atoms with Gasteiger partial charge in [0, 0.05) is 28.2 Å². The number of aromatic amines is 1. The Balaban J connectivity index is 1.39. The summed E-state index contributed by atoms with van der Waals surface area (Å²) in [6.07, 6.45) is 6.33. The molecule has 4 rings (SSSR count). The van der Waals surface area contributed by atoms with E-state index in [4.69, 9.17) is 0 Å². The van der Waals surface area contributed by atoms with Crippen molar-refractivity contribution in [2.24, 2.45) is 0 Å². The number of carbonyl (C=O) groups is 1. The van der Waals surface area contributed by atoms with E-state index in [9.17, 15) is 4.79 Å². The predicted molar refractivity (Wildman–Crippen MR) is 108 cm³/mol. The molecule has 5 nitrogen and oxygen atoms in total. The summed E-state index contributed by atoms with van der Waals surface area (Å²) in [5.41, 5.74) is 2.72. The Morgan fingerprint density at radius 1 is 1.27 bits per heavy atom. The molecule has 1 aliphatic carbocycles. The molecule has 2 aromatic heterocycles. The van der Waals surface area contributed by atoms with E-state index < -0.39 is 0 Å². The third kappa shape index (κ3) is 3.78. The van der Waals surface area contributed by atoms with Gasteiger partial charge in [0.15, 0.2) is 10.1 Å². The van der Waals surface area contributed by atoms with Gasteiger partial charge in [-0.25, -0.2) is 0 Å². The third-order valence-corrected chi connectivity index (χ3v) is 6.83. The zero-order valence-corrected chi connectivity index (χ0v) is 16.4. The highest BCUT2D eigenvalue weighted by atomic mass is 32.2. The second-order valence-electron chi connectivity index (χ2n) is 6.73. The third-order valence-electron chi connectivity index (χ3n) is 4.84. The number of hydrogen-bond acceptors (Lipinski definition) is 6. The van der Waals surface area contributed by atoms with E-state index in [-0.39, 0.29) is 5.78 Å². The number of carbonyl (C=O) groups excluding carboxylic acids is 1. The van der Waals surface area contributed by atoms with Crippen molar-refractivity contribution in [3.05, 3.63) is 35.5 Å². The number of hydrogen-bond donors (Lipinski definition) is 2. The minimum Gasteiger partial charge on any atom is -0.358 e. The van der Waals surface area contributed by atoms with Gasteiger partial charge in [-0.1, -0.05) is 60.6 Å². The van der Waals surface area contributed by atoms with Gasteiger partial charge in [-0.2, -0.15) is 0 Å². The van der Waals surface area contributed by atoms with E-state index in [1.807, 2.05) is 31.2 Å². The first-order chi connectivity index (χ1) is 12.7. The molecular weight excluding hydrogens is 364 g/mol. The van der Waals surface area contributed by atoms with Crippen LogP contribution >= 0.6 is 23.1 Å². The number of aromatic nitrogens is 3. The summed E-state index contributed by atoms with van der Waals surface area (Å²) in [7, 11) is 0. The van der Waals surface area contributed by atoms with Gasteiger partial charge in [0.25, 0.3) is 0 Å². The summed E-state index contributed by atoms with van der Waals surface area (Å²) in [6.45, 7) is 1.95. The van der Waals surface area contributed by atoms with Crippen molar-refractivity contribution in [2.75, 3.05) is 11.1 Å². The van der Waals surface area contributed by atoms with E-state index in [0.717, 1.165) is 31.6 Å². The zero-order valence-electron chi connectivity index (χ0n) is 14.7. The SMILES string of the molecule is Cc1[nH]c2ccccc2c1C(=O)CSc1nnc(NC2CCCCC2)s1. The highest BCUT2D eigenvalue weighted by molar-refractivity contribution is 8.01. The topological polar surface area (TPSA) is 70.7 Å². The molecule has 0 unspecified atom stereocenters. The van der Waals surface area contributed by atoms with Crippen LogP contribution in [0.15, 0.2) is 28.6 Å². The van der Waals surface area contributed by atoms with Crippen LogP contribution in [0.1, 0.15) is 48.2 Å². The molecule has 136 valence electrons. The first-order valence-corrected chi connectivity index (χ1v) is 10.8. The Hall–Kier alpha value is -1.86.